The van der Waals surface area contributed by atoms with Gasteiger partial charge in [-0.1, -0.05) is 56.0 Å². The van der Waals surface area contributed by atoms with E-state index in [0.717, 1.165) is 6.42 Å². The summed E-state index contributed by atoms with van der Waals surface area (Å²) in [5, 5.41) is 8.62. The van der Waals surface area contributed by atoms with Crippen molar-refractivity contribution in [3.05, 3.63) is 35.9 Å². The largest absolute Gasteiger partial charge is 0.396 e. The zero-order chi connectivity index (χ0) is 10.8. The normalized spacial score (nSPS) is 10.5. The molecule has 0 spiro atoms. The summed E-state index contributed by atoms with van der Waals surface area (Å²) in [6, 6.07) is 10.7. The highest BCUT2D eigenvalue weighted by molar-refractivity contribution is 5.14. The SMILES string of the molecule is OCCCCCCCCc1ccccc1. The first-order chi connectivity index (χ1) is 7.43. The van der Waals surface area contributed by atoms with Crippen LogP contribution in [0.15, 0.2) is 30.3 Å². The van der Waals surface area contributed by atoms with Crippen molar-refractivity contribution in [2.75, 3.05) is 6.61 Å². The van der Waals surface area contributed by atoms with Gasteiger partial charge in [-0.05, 0) is 24.8 Å². The van der Waals surface area contributed by atoms with Crippen LogP contribution in [0.2, 0.25) is 0 Å². The second-order valence-corrected chi connectivity index (χ2v) is 4.08. The molecule has 0 bridgehead atoms. The minimum absolute atomic E-state index is 0.351. The molecule has 1 nitrogen and oxygen atoms in total. The quantitative estimate of drug-likeness (QED) is 0.645. The molecule has 1 rings (SSSR count). The van der Waals surface area contributed by atoms with Gasteiger partial charge in [-0.15, -0.1) is 0 Å². The highest BCUT2D eigenvalue weighted by Gasteiger charge is 1.93. The third kappa shape index (κ3) is 6.29. The summed E-state index contributed by atoms with van der Waals surface area (Å²) in [5.74, 6) is 0. The van der Waals surface area contributed by atoms with Crippen LogP contribution in [0, 0.1) is 0 Å². The Labute approximate surface area is 93.1 Å². The Bertz CT molecular complexity index is 230. The Morgan fingerprint density at radius 1 is 0.733 bits per heavy atom. The first kappa shape index (κ1) is 12.3. The van der Waals surface area contributed by atoms with Gasteiger partial charge in [0.05, 0.1) is 0 Å². The van der Waals surface area contributed by atoms with Crippen molar-refractivity contribution < 1.29 is 5.11 Å². The molecule has 15 heavy (non-hydrogen) atoms. The van der Waals surface area contributed by atoms with Gasteiger partial charge in [-0.3, -0.25) is 0 Å². The van der Waals surface area contributed by atoms with E-state index in [1.165, 1.54) is 44.1 Å². The fourth-order valence-electron chi connectivity index (χ4n) is 1.79. The Morgan fingerprint density at radius 2 is 1.33 bits per heavy atom. The highest BCUT2D eigenvalue weighted by atomic mass is 16.2. The molecule has 0 heterocycles. The van der Waals surface area contributed by atoms with Crippen molar-refractivity contribution in [1.29, 1.82) is 0 Å². The van der Waals surface area contributed by atoms with Gasteiger partial charge in [-0.2, -0.15) is 0 Å². The van der Waals surface area contributed by atoms with Gasteiger partial charge in [0.25, 0.3) is 0 Å². The predicted molar refractivity (Wildman–Crippen MR) is 64.9 cm³/mol. The number of aryl methyl sites for hydroxylation is 1. The van der Waals surface area contributed by atoms with Crippen LogP contribution < -0.4 is 0 Å². The summed E-state index contributed by atoms with van der Waals surface area (Å²) < 4.78 is 0. The average Bonchev–Trinajstić information content (AvgIpc) is 2.29. The van der Waals surface area contributed by atoms with E-state index in [2.05, 4.69) is 30.3 Å². The predicted octanol–water partition coefficient (Wildman–Crippen LogP) is 3.56. The van der Waals surface area contributed by atoms with Crippen molar-refractivity contribution in [1.82, 2.24) is 0 Å². The summed E-state index contributed by atoms with van der Waals surface area (Å²) >= 11 is 0. The van der Waals surface area contributed by atoms with Gasteiger partial charge in [0.2, 0.25) is 0 Å². The summed E-state index contributed by atoms with van der Waals surface area (Å²) in [6.45, 7) is 0.351. The maximum Gasteiger partial charge on any atom is 0.0431 e. The molecule has 0 radical (unpaired) electrons. The topological polar surface area (TPSA) is 20.2 Å². The number of benzene rings is 1. The van der Waals surface area contributed by atoms with Crippen LogP contribution in [0.1, 0.15) is 44.1 Å². The molecular weight excluding hydrogens is 184 g/mol. The van der Waals surface area contributed by atoms with Crippen LogP contribution in [-0.2, 0) is 6.42 Å². The molecule has 0 aliphatic heterocycles. The zero-order valence-corrected chi connectivity index (χ0v) is 9.49. The van der Waals surface area contributed by atoms with Crippen LogP contribution in [0.4, 0.5) is 0 Å². The van der Waals surface area contributed by atoms with E-state index in [1.54, 1.807) is 0 Å². The fraction of sp³-hybridized carbons (Fsp3) is 0.571. The first-order valence-corrected chi connectivity index (χ1v) is 6.08. The molecule has 84 valence electrons. The van der Waals surface area contributed by atoms with E-state index in [4.69, 9.17) is 5.11 Å². The molecule has 0 aliphatic rings. The number of rotatable bonds is 8. The summed E-state index contributed by atoms with van der Waals surface area (Å²) in [6.07, 6.45) is 8.56. The average molecular weight is 206 g/mol. The van der Waals surface area contributed by atoms with E-state index < -0.39 is 0 Å². The molecule has 0 fully saturated rings. The van der Waals surface area contributed by atoms with E-state index in [9.17, 15) is 0 Å². The number of hydrogen-bond acceptors (Lipinski definition) is 1. The van der Waals surface area contributed by atoms with Crippen LogP contribution in [0.5, 0.6) is 0 Å². The molecule has 0 unspecified atom stereocenters. The molecule has 1 aromatic rings. The molecule has 0 saturated heterocycles. The maximum absolute atomic E-state index is 8.62. The van der Waals surface area contributed by atoms with Crippen LogP contribution >= 0.6 is 0 Å². The van der Waals surface area contributed by atoms with Gasteiger partial charge in [-0.25, -0.2) is 0 Å². The number of aliphatic hydroxyl groups excluding tert-OH is 1. The molecule has 0 saturated carbocycles. The second kappa shape index (κ2) is 8.49. The lowest BCUT2D eigenvalue weighted by Gasteiger charge is -2.01. The van der Waals surface area contributed by atoms with E-state index in [-0.39, 0.29) is 0 Å². The molecular formula is C14H22O. The number of unbranched alkanes of at least 4 members (excludes halogenated alkanes) is 5. The Hall–Kier alpha value is -0.820. The molecule has 1 N–H and O–H groups in total. The lowest BCUT2D eigenvalue weighted by Crippen LogP contribution is -1.86. The summed E-state index contributed by atoms with van der Waals surface area (Å²) in [5.41, 5.74) is 1.45. The van der Waals surface area contributed by atoms with Crippen molar-refractivity contribution in [2.45, 2.75) is 44.9 Å². The minimum Gasteiger partial charge on any atom is -0.396 e. The third-order valence-corrected chi connectivity index (χ3v) is 2.72. The molecule has 0 atom stereocenters. The Balaban J connectivity index is 1.93. The van der Waals surface area contributed by atoms with Crippen LogP contribution in [0.25, 0.3) is 0 Å². The molecule has 1 aromatic carbocycles. The maximum atomic E-state index is 8.62. The smallest absolute Gasteiger partial charge is 0.0431 e. The van der Waals surface area contributed by atoms with E-state index in [1.807, 2.05) is 0 Å². The second-order valence-electron chi connectivity index (χ2n) is 4.08. The van der Waals surface area contributed by atoms with Crippen molar-refractivity contribution in [3.8, 4) is 0 Å². The fourth-order valence-corrected chi connectivity index (χ4v) is 1.79. The minimum atomic E-state index is 0.351. The van der Waals surface area contributed by atoms with Gasteiger partial charge < -0.3 is 5.11 Å². The molecule has 0 amide bonds. The standard InChI is InChI=1S/C14H22O/c15-13-9-4-2-1-3-6-10-14-11-7-5-8-12-14/h5,7-8,11-12,15H,1-4,6,9-10,13H2. The third-order valence-electron chi connectivity index (χ3n) is 2.72. The van der Waals surface area contributed by atoms with Crippen LogP contribution in [-0.4, -0.2) is 11.7 Å². The van der Waals surface area contributed by atoms with Gasteiger partial charge >= 0.3 is 0 Å². The monoisotopic (exact) mass is 206 g/mol. The first-order valence-electron chi connectivity index (χ1n) is 6.08. The van der Waals surface area contributed by atoms with E-state index >= 15 is 0 Å². The number of hydrogen-bond donors (Lipinski definition) is 1. The zero-order valence-electron chi connectivity index (χ0n) is 9.49. The Morgan fingerprint density at radius 3 is 2.00 bits per heavy atom. The van der Waals surface area contributed by atoms with Crippen LogP contribution in [0.3, 0.4) is 0 Å². The summed E-state index contributed by atoms with van der Waals surface area (Å²) in [7, 11) is 0. The van der Waals surface area contributed by atoms with Crippen molar-refractivity contribution in [2.24, 2.45) is 0 Å². The molecule has 1 heteroatoms. The lowest BCUT2D eigenvalue weighted by atomic mass is 10.1. The van der Waals surface area contributed by atoms with Gasteiger partial charge in [0.1, 0.15) is 0 Å². The number of aliphatic hydroxyl groups is 1. The van der Waals surface area contributed by atoms with Crippen molar-refractivity contribution >= 4 is 0 Å². The van der Waals surface area contributed by atoms with E-state index in [0.29, 0.717) is 6.61 Å². The highest BCUT2D eigenvalue weighted by Crippen LogP contribution is 2.09. The van der Waals surface area contributed by atoms with Gasteiger partial charge in [0, 0.05) is 6.61 Å². The molecule has 0 aromatic heterocycles. The van der Waals surface area contributed by atoms with Crippen molar-refractivity contribution in [3.63, 3.8) is 0 Å². The summed E-state index contributed by atoms with van der Waals surface area (Å²) in [4.78, 5) is 0. The Kier molecular flexibility index (Phi) is 6.93. The van der Waals surface area contributed by atoms with Gasteiger partial charge in [0.15, 0.2) is 0 Å². The molecule has 0 aliphatic carbocycles. The lowest BCUT2D eigenvalue weighted by molar-refractivity contribution is 0.282.